The van der Waals surface area contributed by atoms with Gasteiger partial charge in [-0.1, -0.05) is 11.6 Å². The summed E-state index contributed by atoms with van der Waals surface area (Å²) in [7, 11) is 0. The number of carboxylic acid groups (broad SMARTS) is 1. The molecule has 1 saturated carbocycles. The van der Waals surface area contributed by atoms with Gasteiger partial charge in [-0.25, -0.2) is 4.79 Å². The maximum atomic E-state index is 11.3. The highest BCUT2D eigenvalue weighted by Crippen LogP contribution is 2.23. The van der Waals surface area contributed by atoms with Gasteiger partial charge in [0.05, 0.1) is 12.6 Å². The summed E-state index contributed by atoms with van der Waals surface area (Å²) in [4.78, 5) is 21.5. The Hall–Kier alpha value is -1.56. The van der Waals surface area contributed by atoms with E-state index in [1.165, 1.54) is 5.57 Å². The van der Waals surface area contributed by atoms with Crippen LogP contribution in [0.4, 0.5) is 4.79 Å². The van der Waals surface area contributed by atoms with Crippen LogP contribution in [0, 0.1) is 0 Å². The molecule has 0 bridgehead atoms. The van der Waals surface area contributed by atoms with Gasteiger partial charge in [-0.15, -0.1) is 0 Å². The molecule has 0 heterocycles. The van der Waals surface area contributed by atoms with Crippen LogP contribution in [0.1, 0.15) is 25.7 Å². The first kappa shape index (κ1) is 13.5. The molecule has 1 aliphatic carbocycles. The first-order valence-corrected chi connectivity index (χ1v) is 5.68. The lowest BCUT2D eigenvalue weighted by Crippen LogP contribution is -2.42. The van der Waals surface area contributed by atoms with Gasteiger partial charge in [0.25, 0.3) is 0 Å². The fourth-order valence-electron chi connectivity index (χ4n) is 1.83. The Kier molecular flexibility index (Phi) is 5.48. The summed E-state index contributed by atoms with van der Waals surface area (Å²) in [5.74, 6) is -0.443. The number of nitrogens with one attached hydrogen (secondary N) is 2. The molecule has 4 N–H and O–H groups in total. The molecular weight excluding hydrogens is 224 g/mol. The molecule has 0 aromatic carbocycles. The zero-order chi connectivity index (χ0) is 12.7. The highest BCUT2D eigenvalue weighted by atomic mass is 16.4. The maximum Gasteiger partial charge on any atom is 0.405 e. The summed E-state index contributed by atoms with van der Waals surface area (Å²) in [5.41, 5.74) is 1.25. The normalized spacial score (nSPS) is 16.4. The van der Waals surface area contributed by atoms with Gasteiger partial charge in [-0.3, -0.25) is 4.79 Å². The smallest absolute Gasteiger partial charge is 0.405 e. The zero-order valence-electron chi connectivity index (χ0n) is 9.61. The number of aliphatic hydroxyl groups excluding tert-OH is 1. The molecule has 96 valence electrons. The molecule has 17 heavy (non-hydrogen) atoms. The molecule has 1 aliphatic rings. The average Bonchev–Trinajstić information content (AvgIpc) is 2.78. The van der Waals surface area contributed by atoms with Crippen molar-refractivity contribution in [2.45, 2.75) is 31.7 Å². The van der Waals surface area contributed by atoms with Crippen LogP contribution in [0.5, 0.6) is 0 Å². The first-order chi connectivity index (χ1) is 8.11. The maximum absolute atomic E-state index is 11.3. The number of amides is 2. The molecule has 1 atom stereocenters. The second-order valence-electron chi connectivity index (χ2n) is 4.05. The van der Waals surface area contributed by atoms with Crippen LogP contribution in [0.15, 0.2) is 11.6 Å². The van der Waals surface area contributed by atoms with E-state index in [1.807, 2.05) is 11.4 Å². The lowest BCUT2D eigenvalue weighted by Gasteiger charge is -2.13. The Bertz CT molecular complexity index is 307. The summed E-state index contributed by atoms with van der Waals surface area (Å²) >= 11 is 0. The molecule has 0 aromatic heterocycles. The lowest BCUT2D eigenvalue weighted by atomic mass is 10.1. The van der Waals surface area contributed by atoms with Crippen LogP contribution in [-0.4, -0.2) is 41.4 Å². The van der Waals surface area contributed by atoms with Gasteiger partial charge in [-0.05, 0) is 25.7 Å². The quantitative estimate of drug-likeness (QED) is 0.519. The van der Waals surface area contributed by atoms with Crippen LogP contribution in [0.25, 0.3) is 0 Å². The monoisotopic (exact) mass is 242 g/mol. The minimum absolute atomic E-state index is 0.178. The molecule has 0 aliphatic heterocycles. The number of hydrogen-bond acceptors (Lipinski definition) is 3. The summed E-state index contributed by atoms with van der Waals surface area (Å²) < 4.78 is 0. The van der Waals surface area contributed by atoms with Crippen molar-refractivity contribution >= 4 is 12.0 Å². The second-order valence-corrected chi connectivity index (χ2v) is 4.05. The van der Waals surface area contributed by atoms with E-state index in [2.05, 4.69) is 5.32 Å². The first-order valence-electron chi connectivity index (χ1n) is 5.68. The van der Waals surface area contributed by atoms with Gasteiger partial charge in [0.1, 0.15) is 6.54 Å². The minimum Gasteiger partial charge on any atom is -0.465 e. The Balaban J connectivity index is 2.37. The number of allylic oxidation sites excluding steroid dienone is 1. The highest BCUT2D eigenvalue weighted by Gasteiger charge is 2.13. The van der Waals surface area contributed by atoms with Crippen molar-refractivity contribution in [1.29, 1.82) is 0 Å². The van der Waals surface area contributed by atoms with E-state index in [4.69, 9.17) is 10.2 Å². The van der Waals surface area contributed by atoms with Crippen LogP contribution in [0.3, 0.4) is 0 Å². The Morgan fingerprint density at radius 1 is 1.35 bits per heavy atom. The van der Waals surface area contributed by atoms with Crippen molar-refractivity contribution < 1.29 is 19.8 Å². The van der Waals surface area contributed by atoms with Crippen LogP contribution in [0.2, 0.25) is 0 Å². The predicted octanol–water partition coefficient (Wildman–Crippen LogP) is 0.231. The fourth-order valence-corrected chi connectivity index (χ4v) is 1.83. The summed E-state index contributed by atoms with van der Waals surface area (Å²) in [5, 5.41) is 22.0. The molecule has 6 nitrogen and oxygen atoms in total. The summed E-state index contributed by atoms with van der Waals surface area (Å²) in [6.45, 7) is -0.475. The van der Waals surface area contributed by atoms with Crippen molar-refractivity contribution in [2.75, 3.05) is 13.2 Å². The van der Waals surface area contributed by atoms with Gasteiger partial charge in [-0.2, -0.15) is 0 Å². The minimum atomic E-state index is -1.24. The number of aliphatic hydroxyl groups is 1. The van der Waals surface area contributed by atoms with Gasteiger partial charge in [0, 0.05) is 0 Å². The van der Waals surface area contributed by atoms with Gasteiger partial charge >= 0.3 is 6.09 Å². The van der Waals surface area contributed by atoms with E-state index in [9.17, 15) is 9.59 Å². The molecule has 1 fully saturated rings. The fraction of sp³-hybridized carbons (Fsp3) is 0.636. The van der Waals surface area contributed by atoms with E-state index in [1.54, 1.807) is 0 Å². The van der Waals surface area contributed by atoms with E-state index < -0.39 is 18.0 Å². The number of rotatable bonds is 5. The standard InChI is InChI=1S/C11H18N2O4/c14-7-9(5-8-3-1-2-4-8)13-10(15)6-12-11(16)17/h5,9,12,14H,1-4,6-7H2,(H,13,15)(H,16,17). The Morgan fingerprint density at radius 3 is 2.53 bits per heavy atom. The second kappa shape index (κ2) is 6.90. The summed E-state index contributed by atoms with van der Waals surface area (Å²) in [6, 6.07) is -0.425. The third-order valence-electron chi connectivity index (χ3n) is 2.63. The van der Waals surface area contributed by atoms with E-state index >= 15 is 0 Å². The van der Waals surface area contributed by atoms with Crippen molar-refractivity contribution in [1.82, 2.24) is 10.6 Å². The molecule has 0 radical (unpaired) electrons. The summed E-state index contributed by atoms with van der Waals surface area (Å²) in [6.07, 6.45) is 4.96. The third kappa shape index (κ3) is 5.35. The van der Waals surface area contributed by atoms with E-state index in [-0.39, 0.29) is 13.2 Å². The number of carbonyl (C=O) groups excluding carboxylic acids is 1. The molecule has 0 spiro atoms. The van der Waals surface area contributed by atoms with Gasteiger partial charge in [0.2, 0.25) is 5.91 Å². The van der Waals surface area contributed by atoms with E-state index in [0.717, 1.165) is 25.7 Å². The van der Waals surface area contributed by atoms with Gasteiger partial charge < -0.3 is 20.8 Å². The number of hydrogen-bond donors (Lipinski definition) is 4. The lowest BCUT2D eigenvalue weighted by molar-refractivity contribution is -0.120. The molecule has 1 rings (SSSR count). The van der Waals surface area contributed by atoms with E-state index in [0.29, 0.717) is 0 Å². The SMILES string of the molecule is O=C(O)NCC(=O)NC(C=C1CCCC1)CO. The van der Waals surface area contributed by atoms with Gasteiger partial charge in [0.15, 0.2) is 0 Å². The third-order valence-corrected chi connectivity index (χ3v) is 2.63. The molecular formula is C11H18N2O4. The molecule has 0 aromatic rings. The molecule has 0 saturated heterocycles. The zero-order valence-corrected chi connectivity index (χ0v) is 9.61. The van der Waals surface area contributed by atoms with Crippen LogP contribution < -0.4 is 10.6 Å². The van der Waals surface area contributed by atoms with Crippen molar-refractivity contribution in [2.24, 2.45) is 0 Å². The molecule has 2 amide bonds. The average molecular weight is 242 g/mol. The van der Waals surface area contributed by atoms with Crippen LogP contribution in [-0.2, 0) is 4.79 Å². The topological polar surface area (TPSA) is 98.7 Å². The molecule has 1 unspecified atom stereocenters. The van der Waals surface area contributed by atoms with Crippen molar-refractivity contribution in [3.05, 3.63) is 11.6 Å². The van der Waals surface area contributed by atoms with Crippen molar-refractivity contribution in [3.8, 4) is 0 Å². The molecule has 6 heteroatoms. The Labute approximate surface area is 99.7 Å². The van der Waals surface area contributed by atoms with Crippen molar-refractivity contribution in [3.63, 3.8) is 0 Å². The Morgan fingerprint density at radius 2 is 2.00 bits per heavy atom. The largest absolute Gasteiger partial charge is 0.465 e. The number of carbonyl (C=O) groups is 2. The predicted molar refractivity (Wildman–Crippen MR) is 61.6 cm³/mol. The highest BCUT2D eigenvalue weighted by molar-refractivity contribution is 5.82. The van der Waals surface area contributed by atoms with Crippen LogP contribution >= 0.6 is 0 Å².